The van der Waals surface area contributed by atoms with Gasteiger partial charge in [-0.3, -0.25) is 4.79 Å². The summed E-state index contributed by atoms with van der Waals surface area (Å²) >= 11 is 0. The molecule has 1 aliphatic rings. The standard InChI is InChI=1S/C14H20N4O/c1-12(9-18-8-7-16-11-18)17-13(19)14(10-15)5-3-2-4-6-14/h7-8,11-12H,2-6,9H2,1H3,(H,17,19). The molecule has 1 saturated carbocycles. The molecule has 1 N–H and O–H groups in total. The zero-order chi connectivity index (χ0) is 13.7. The highest BCUT2D eigenvalue weighted by atomic mass is 16.2. The number of carbonyl (C=O) groups excluding carboxylic acids is 1. The summed E-state index contributed by atoms with van der Waals surface area (Å²) in [5.41, 5.74) is -0.804. The first-order valence-corrected chi connectivity index (χ1v) is 6.84. The summed E-state index contributed by atoms with van der Waals surface area (Å²) in [7, 11) is 0. The van der Waals surface area contributed by atoms with Crippen molar-refractivity contribution in [3.63, 3.8) is 0 Å². The van der Waals surface area contributed by atoms with E-state index in [1.165, 1.54) is 0 Å². The molecule has 1 aromatic rings. The first-order valence-electron chi connectivity index (χ1n) is 6.84. The molecule has 0 saturated heterocycles. The van der Waals surface area contributed by atoms with Crippen LogP contribution in [0.1, 0.15) is 39.0 Å². The van der Waals surface area contributed by atoms with Gasteiger partial charge in [0.25, 0.3) is 0 Å². The van der Waals surface area contributed by atoms with Crippen LogP contribution in [0.4, 0.5) is 0 Å². The van der Waals surface area contributed by atoms with Crippen LogP contribution < -0.4 is 5.32 Å². The highest BCUT2D eigenvalue weighted by molar-refractivity contribution is 5.85. The predicted molar refractivity (Wildman–Crippen MR) is 71.0 cm³/mol. The van der Waals surface area contributed by atoms with Gasteiger partial charge in [-0.05, 0) is 19.8 Å². The van der Waals surface area contributed by atoms with Crippen molar-refractivity contribution in [1.29, 1.82) is 5.26 Å². The number of imidazole rings is 1. The van der Waals surface area contributed by atoms with Gasteiger partial charge in [0.2, 0.25) is 5.91 Å². The summed E-state index contributed by atoms with van der Waals surface area (Å²) < 4.78 is 1.92. The molecule has 1 atom stereocenters. The summed E-state index contributed by atoms with van der Waals surface area (Å²) in [6.07, 6.45) is 9.74. The summed E-state index contributed by atoms with van der Waals surface area (Å²) in [5.74, 6) is -0.109. The number of carbonyl (C=O) groups is 1. The lowest BCUT2D eigenvalue weighted by Gasteiger charge is -2.30. The fraction of sp³-hybridized carbons (Fsp3) is 0.643. The molecule has 1 aromatic heterocycles. The molecule has 2 rings (SSSR count). The fourth-order valence-corrected chi connectivity index (χ4v) is 2.66. The van der Waals surface area contributed by atoms with Crippen molar-refractivity contribution < 1.29 is 4.79 Å². The molecule has 5 heteroatoms. The lowest BCUT2D eigenvalue weighted by molar-refractivity contribution is -0.130. The van der Waals surface area contributed by atoms with E-state index in [2.05, 4.69) is 16.4 Å². The SMILES string of the molecule is CC(Cn1ccnc1)NC(=O)C1(C#N)CCCCC1. The number of rotatable bonds is 4. The molecule has 0 aliphatic heterocycles. The molecule has 0 spiro atoms. The zero-order valence-electron chi connectivity index (χ0n) is 11.3. The van der Waals surface area contributed by atoms with Crippen LogP contribution in [0.15, 0.2) is 18.7 Å². The summed E-state index contributed by atoms with van der Waals surface area (Å²) in [6, 6.07) is 2.24. The second kappa shape index (κ2) is 5.87. The number of aromatic nitrogens is 2. The van der Waals surface area contributed by atoms with E-state index in [1.54, 1.807) is 12.5 Å². The van der Waals surface area contributed by atoms with Gasteiger partial charge in [0.05, 0.1) is 12.4 Å². The molecule has 102 valence electrons. The molecular formula is C14H20N4O. The first kappa shape index (κ1) is 13.6. The van der Waals surface area contributed by atoms with Crippen molar-refractivity contribution in [1.82, 2.24) is 14.9 Å². The van der Waals surface area contributed by atoms with Crippen LogP contribution in [-0.4, -0.2) is 21.5 Å². The van der Waals surface area contributed by atoms with Crippen LogP contribution in [0.25, 0.3) is 0 Å². The molecule has 1 heterocycles. The minimum Gasteiger partial charge on any atom is -0.350 e. The second-order valence-corrected chi connectivity index (χ2v) is 5.39. The number of hydrogen-bond donors (Lipinski definition) is 1. The molecule has 19 heavy (non-hydrogen) atoms. The largest absolute Gasteiger partial charge is 0.350 e. The Morgan fingerprint density at radius 1 is 1.53 bits per heavy atom. The Bertz CT molecular complexity index is 454. The van der Waals surface area contributed by atoms with Gasteiger partial charge in [0.1, 0.15) is 5.41 Å². The van der Waals surface area contributed by atoms with Gasteiger partial charge in [-0.2, -0.15) is 5.26 Å². The Morgan fingerprint density at radius 2 is 2.26 bits per heavy atom. The fourth-order valence-electron chi connectivity index (χ4n) is 2.66. The van der Waals surface area contributed by atoms with Crippen LogP contribution in [0.2, 0.25) is 0 Å². The highest BCUT2D eigenvalue weighted by Crippen LogP contribution is 2.35. The van der Waals surface area contributed by atoms with Crippen LogP contribution in [-0.2, 0) is 11.3 Å². The number of nitrogens with one attached hydrogen (secondary N) is 1. The maximum absolute atomic E-state index is 12.3. The minimum atomic E-state index is -0.804. The molecule has 1 aliphatic carbocycles. The van der Waals surface area contributed by atoms with E-state index < -0.39 is 5.41 Å². The molecular weight excluding hydrogens is 240 g/mol. The van der Waals surface area contributed by atoms with Gasteiger partial charge < -0.3 is 9.88 Å². The molecule has 0 radical (unpaired) electrons. The lowest BCUT2D eigenvalue weighted by Crippen LogP contribution is -2.46. The van der Waals surface area contributed by atoms with E-state index in [4.69, 9.17) is 0 Å². The number of nitrogens with zero attached hydrogens (tertiary/aromatic N) is 3. The third kappa shape index (κ3) is 3.14. The van der Waals surface area contributed by atoms with E-state index in [9.17, 15) is 10.1 Å². The van der Waals surface area contributed by atoms with Gasteiger partial charge in [0.15, 0.2) is 0 Å². The Balaban J connectivity index is 1.94. The van der Waals surface area contributed by atoms with E-state index in [1.807, 2.05) is 17.7 Å². The van der Waals surface area contributed by atoms with Gasteiger partial charge in [-0.25, -0.2) is 4.98 Å². The Kier molecular flexibility index (Phi) is 4.20. The lowest BCUT2D eigenvalue weighted by atomic mass is 9.74. The van der Waals surface area contributed by atoms with Gasteiger partial charge >= 0.3 is 0 Å². The normalized spacial score (nSPS) is 19.4. The molecule has 5 nitrogen and oxygen atoms in total. The molecule has 0 bridgehead atoms. The Hall–Kier alpha value is -1.83. The van der Waals surface area contributed by atoms with Crippen LogP contribution in [0, 0.1) is 16.7 Å². The number of nitriles is 1. The maximum Gasteiger partial charge on any atom is 0.240 e. The van der Waals surface area contributed by atoms with Crippen molar-refractivity contribution in [2.24, 2.45) is 5.41 Å². The van der Waals surface area contributed by atoms with Crippen LogP contribution in [0.5, 0.6) is 0 Å². The van der Waals surface area contributed by atoms with Crippen LogP contribution in [0.3, 0.4) is 0 Å². The quantitative estimate of drug-likeness (QED) is 0.898. The predicted octanol–water partition coefficient (Wildman–Crippen LogP) is 1.86. The second-order valence-electron chi connectivity index (χ2n) is 5.39. The third-order valence-electron chi connectivity index (χ3n) is 3.78. The third-order valence-corrected chi connectivity index (χ3v) is 3.78. The summed E-state index contributed by atoms with van der Waals surface area (Å²) in [4.78, 5) is 16.3. The Labute approximate surface area is 113 Å². The average Bonchev–Trinajstić information content (AvgIpc) is 2.92. The van der Waals surface area contributed by atoms with E-state index in [0.717, 1.165) is 19.3 Å². The van der Waals surface area contributed by atoms with E-state index in [-0.39, 0.29) is 11.9 Å². The van der Waals surface area contributed by atoms with Crippen molar-refractivity contribution >= 4 is 5.91 Å². The average molecular weight is 260 g/mol. The van der Waals surface area contributed by atoms with Gasteiger partial charge in [0, 0.05) is 25.0 Å². The zero-order valence-corrected chi connectivity index (χ0v) is 11.3. The van der Waals surface area contributed by atoms with Gasteiger partial charge in [-0.1, -0.05) is 19.3 Å². The van der Waals surface area contributed by atoms with E-state index in [0.29, 0.717) is 19.4 Å². The van der Waals surface area contributed by atoms with Crippen molar-refractivity contribution in [3.8, 4) is 6.07 Å². The Morgan fingerprint density at radius 3 is 2.84 bits per heavy atom. The summed E-state index contributed by atoms with van der Waals surface area (Å²) in [5, 5.41) is 12.3. The van der Waals surface area contributed by atoms with E-state index >= 15 is 0 Å². The topological polar surface area (TPSA) is 70.7 Å². The molecule has 1 fully saturated rings. The van der Waals surface area contributed by atoms with Crippen molar-refractivity contribution in [3.05, 3.63) is 18.7 Å². The summed E-state index contributed by atoms with van der Waals surface area (Å²) in [6.45, 7) is 2.62. The minimum absolute atomic E-state index is 0.00569. The molecule has 1 unspecified atom stereocenters. The highest BCUT2D eigenvalue weighted by Gasteiger charge is 2.40. The van der Waals surface area contributed by atoms with Crippen LogP contribution >= 0.6 is 0 Å². The number of amides is 1. The first-order chi connectivity index (χ1) is 9.16. The maximum atomic E-state index is 12.3. The molecule has 1 amide bonds. The number of hydrogen-bond acceptors (Lipinski definition) is 3. The monoisotopic (exact) mass is 260 g/mol. The van der Waals surface area contributed by atoms with Gasteiger partial charge in [-0.15, -0.1) is 0 Å². The van der Waals surface area contributed by atoms with Crippen molar-refractivity contribution in [2.75, 3.05) is 0 Å². The smallest absolute Gasteiger partial charge is 0.240 e. The van der Waals surface area contributed by atoms with Crippen molar-refractivity contribution in [2.45, 2.75) is 51.6 Å². The molecule has 0 aromatic carbocycles.